The average Bonchev–Trinajstić information content (AvgIpc) is 3.29. The molecule has 0 aliphatic carbocycles. The Kier molecular flexibility index (Phi) is 5.93. The summed E-state index contributed by atoms with van der Waals surface area (Å²) in [5.74, 6) is -0.437. The smallest absolute Gasteiger partial charge is 0.357 e. The normalized spacial score (nSPS) is 12.3. The Labute approximate surface area is 162 Å². The Morgan fingerprint density at radius 3 is 2.81 bits per heavy atom. The lowest BCUT2D eigenvalue weighted by atomic mass is 10.1. The summed E-state index contributed by atoms with van der Waals surface area (Å²) in [7, 11) is 4.01. The van der Waals surface area contributed by atoms with Gasteiger partial charge in [0.15, 0.2) is 5.69 Å². The second kappa shape index (κ2) is 8.37. The van der Waals surface area contributed by atoms with E-state index >= 15 is 0 Å². The molecular formula is C19H22ClN5O2. The third-order valence-electron chi connectivity index (χ3n) is 4.36. The zero-order valence-electron chi connectivity index (χ0n) is 15.5. The minimum atomic E-state index is -0.437. The lowest BCUT2D eigenvalue weighted by Crippen LogP contribution is -2.25. The number of benzene rings is 1. The van der Waals surface area contributed by atoms with Crippen molar-refractivity contribution >= 4 is 17.6 Å². The number of ether oxygens (including phenoxy) is 1. The number of esters is 1. The quantitative estimate of drug-likeness (QED) is 0.629. The fraction of sp³-hybridized carbons (Fsp3) is 0.316. The van der Waals surface area contributed by atoms with Gasteiger partial charge in [-0.15, -0.1) is 0 Å². The molecule has 0 fully saturated rings. The number of H-pyrrole nitrogens is 1. The highest BCUT2D eigenvalue weighted by Crippen LogP contribution is 2.30. The third kappa shape index (κ3) is 4.04. The number of carbonyl (C=O) groups is 1. The third-order valence-corrected chi connectivity index (χ3v) is 4.71. The van der Waals surface area contributed by atoms with E-state index in [4.69, 9.17) is 16.3 Å². The van der Waals surface area contributed by atoms with E-state index in [9.17, 15) is 4.79 Å². The SMILES string of the molecule is CCOC(=O)c1[nH]ncc1-c1cncn1C[C@H](c1ccccc1Cl)N(C)C. The van der Waals surface area contributed by atoms with E-state index in [0.29, 0.717) is 29.4 Å². The van der Waals surface area contributed by atoms with Gasteiger partial charge >= 0.3 is 5.97 Å². The predicted octanol–water partition coefficient (Wildman–Crippen LogP) is 3.41. The van der Waals surface area contributed by atoms with Crippen molar-refractivity contribution in [2.45, 2.75) is 19.5 Å². The maximum atomic E-state index is 12.2. The van der Waals surface area contributed by atoms with Gasteiger partial charge in [-0.25, -0.2) is 9.78 Å². The Hall–Kier alpha value is -2.64. The highest BCUT2D eigenvalue weighted by molar-refractivity contribution is 6.31. The van der Waals surface area contributed by atoms with Crippen LogP contribution in [-0.2, 0) is 11.3 Å². The number of hydrogen-bond acceptors (Lipinski definition) is 5. The average molecular weight is 388 g/mol. The highest BCUT2D eigenvalue weighted by atomic mass is 35.5. The number of aromatic nitrogens is 4. The minimum absolute atomic E-state index is 0.0320. The van der Waals surface area contributed by atoms with Crippen molar-refractivity contribution in [3.63, 3.8) is 0 Å². The van der Waals surface area contributed by atoms with Gasteiger partial charge in [-0.05, 0) is 32.6 Å². The number of nitrogens with zero attached hydrogens (tertiary/aromatic N) is 4. The number of aromatic amines is 1. The van der Waals surface area contributed by atoms with Gasteiger partial charge in [-0.2, -0.15) is 5.10 Å². The molecule has 0 aliphatic heterocycles. The summed E-state index contributed by atoms with van der Waals surface area (Å²) in [5.41, 5.74) is 2.78. The first kappa shape index (κ1) is 19.1. The van der Waals surface area contributed by atoms with Crippen LogP contribution in [0.25, 0.3) is 11.3 Å². The zero-order chi connectivity index (χ0) is 19.4. The van der Waals surface area contributed by atoms with Gasteiger partial charge in [0.2, 0.25) is 0 Å². The van der Waals surface area contributed by atoms with Crippen LogP contribution in [-0.4, -0.2) is 51.3 Å². The molecule has 3 rings (SSSR count). The van der Waals surface area contributed by atoms with Crippen molar-refractivity contribution in [2.75, 3.05) is 20.7 Å². The minimum Gasteiger partial charge on any atom is -0.461 e. The van der Waals surface area contributed by atoms with Gasteiger partial charge in [0.1, 0.15) is 0 Å². The van der Waals surface area contributed by atoms with Crippen molar-refractivity contribution in [2.24, 2.45) is 0 Å². The number of halogens is 1. The van der Waals surface area contributed by atoms with Crippen LogP contribution < -0.4 is 0 Å². The van der Waals surface area contributed by atoms with Crippen molar-refractivity contribution in [1.29, 1.82) is 0 Å². The van der Waals surface area contributed by atoms with Gasteiger partial charge in [-0.3, -0.25) is 5.10 Å². The van der Waals surface area contributed by atoms with Crippen LogP contribution in [0.15, 0.2) is 43.0 Å². The van der Waals surface area contributed by atoms with E-state index in [-0.39, 0.29) is 6.04 Å². The molecule has 1 N–H and O–H groups in total. The molecule has 0 spiro atoms. The first-order valence-corrected chi connectivity index (χ1v) is 9.02. The maximum Gasteiger partial charge on any atom is 0.357 e. The molecule has 0 radical (unpaired) electrons. The molecule has 0 saturated heterocycles. The van der Waals surface area contributed by atoms with Crippen LogP contribution in [0.2, 0.25) is 5.02 Å². The van der Waals surface area contributed by atoms with Gasteiger partial charge in [0, 0.05) is 11.6 Å². The highest BCUT2D eigenvalue weighted by Gasteiger charge is 2.22. The molecule has 1 atom stereocenters. The van der Waals surface area contributed by atoms with Gasteiger partial charge in [0.05, 0.1) is 42.6 Å². The number of imidazole rings is 1. The molecule has 142 valence electrons. The van der Waals surface area contributed by atoms with E-state index in [1.54, 1.807) is 25.6 Å². The summed E-state index contributed by atoms with van der Waals surface area (Å²) in [6.45, 7) is 2.68. The molecule has 2 aromatic heterocycles. The van der Waals surface area contributed by atoms with Crippen LogP contribution >= 0.6 is 11.6 Å². The zero-order valence-corrected chi connectivity index (χ0v) is 16.3. The standard InChI is InChI=1S/C19H22ClN5O2/c1-4-27-19(26)18-14(9-22-23-18)16-10-21-12-25(16)11-17(24(2)3)13-7-5-6-8-15(13)20/h5-10,12,17H,4,11H2,1-3H3,(H,22,23)/t17-/m1/s1. The Morgan fingerprint density at radius 2 is 2.11 bits per heavy atom. The van der Waals surface area contributed by atoms with Crippen LogP contribution in [0.1, 0.15) is 29.0 Å². The summed E-state index contributed by atoms with van der Waals surface area (Å²) in [4.78, 5) is 18.6. The van der Waals surface area contributed by atoms with Crippen LogP contribution in [0, 0.1) is 0 Å². The van der Waals surface area contributed by atoms with Crippen LogP contribution in [0.4, 0.5) is 0 Å². The first-order valence-electron chi connectivity index (χ1n) is 8.64. The van der Waals surface area contributed by atoms with E-state index < -0.39 is 5.97 Å². The fourth-order valence-corrected chi connectivity index (χ4v) is 3.26. The molecule has 2 heterocycles. The Bertz CT molecular complexity index is 918. The second-order valence-corrected chi connectivity index (χ2v) is 6.72. The number of rotatable bonds is 7. The summed E-state index contributed by atoms with van der Waals surface area (Å²) < 4.78 is 7.09. The van der Waals surface area contributed by atoms with Crippen molar-refractivity contribution in [3.05, 3.63) is 59.3 Å². The lowest BCUT2D eigenvalue weighted by Gasteiger charge is -2.26. The Balaban J connectivity index is 1.95. The number of hydrogen-bond donors (Lipinski definition) is 1. The van der Waals surface area contributed by atoms with Gasteiger partial charge in [-0.1, -0.05) is 29.8 Å². The molecular weight excluding hydrogens is 366 g/mol. The maximum absolute atomic E-state index is 12.2. The molecule has 0 aliphatic rings. The van der Waals surface area contributed by atoms with Crippen molar-refractivity contribution in [3.8, 4) is 11.3 Å². The van der Waals surface area contributed by atoms with Gasteiger partial charge in [0.25, 0.3) is 0 Å². The molecule has 1 aromatic carbocycles. The number of nitrogens with one attached hydrogen (secondary N) is 1. The Morgan fingerprint density at radius 1 is 1.33 bits per heavy atom. The lowest BCUT2D eigenvalue weighted by molar-refractivity contribution is 0.0520. The monoisotopic (exact) mass is 387 g/mol. The molecule has 8 heteroatoms. The van der Waals surface area contributed by atoms with E-state index in [1.165, 1.54) is 0 Å². The molecule has 3 aromatic rings. The second-order valence-electron chi connectivity index (χ2n) is 6.31. The van der Waals surface area contributed by atoms with Crippen molar-refractivity contribution in [1.82, 2.24) is 24.6 Å². The fourth-order valence-electron chi connectivity index (χ4n) is 3.00. The van der Waals surface area contributed by atoms with Crippen LogP contribution in [0.5, 0.6) is 0 Å². The van der Waals surface area contributed by atoms with E-state index in [1.807, 2.05) is 42.9 Å². The topological polar surface area (TPSA) is 76.0 Å². The van der Waals surface area contributed by atoms with Crippen LogP contribution in [0.3, 0.4) is 0 Å². The summed E-state index contributed by atoms with van der Waals surface area (Å²) in [5, 5.41) is 7.45. The number of carbonyl (C=O) groups excluding carboxylic acids is 1. The summed E-state index contributed by atoms with van der Waals surface area (Å²) in [6.07, 6.45) is 5.07. The molecule has 0 saturated carbocycles. The van der Waals surface area contributed by atoms with Gasteiger partial charge < -0.3 is 14.2 Å². The molecule has 0 bridgehead atoms. The summed E-state index contributed by atoms with van der Waals surface area (Å²) >= 11 is 6.42. The predicted molar refractivity (Wildman–Crippen MR) is 104 cm³/mol. The molecule has 0 unspecified atom stereocenters. The van der Waals surface area contributed by atoms with E-state index in [0.717, 1.165) is 11.3 Å². The molecule has 7 nitrogen and oxygen atoms in total. The number of likely N-dealkylation sites (N-methyl/N-ethyl adjacent to an activating group) is 1. The summed E-state index contributed by atoms with van der Waals surface area (Å²) in [6, 6.07) is 7.83. The largest absolute Gasteiger partial charge is 0.461 e. The van der Waals surface area contributed by atoms with Crippen molar-refractivity contribution < 1.29 is 9.53 Å². The first-order chi connectivity index (χ1) is 13.0. The van der Waals surface area contributed by atoms with E-state index in [2.05, 4.69) is 20.1 Å². The molecule has 0 amide bonds. The molecule has 27 heavy (non-hydrogen) atoms.